The molecule has 0 aromatic rings. The van der Waals surface area contributed by atoms with E-state index in [1.54, 1.807) is 0 Å². The lowest BCUT2D eigenvalue weighted by Gasteiger charge is -2.22. The fourth-order valence-electron chi connectivity index (χ4n) is 1.98. The van der Waals surface area contributed by atoms with Crippen molar-refractivity contribution in [3.8, 4) is 0 Å². The van der Waals surface area contributed by atoms with E-state index in [0.29, 0.717) is 6.54 Å². The lowest BCUT2D eigenvalue weighted by molar-refractivity contribution is -0.138. The zero-order chi connectivity index (χ0) is 12.0. The van der Waals surface area contributed by atoms with Crippen molar-refractivity contribution in [1.29, 1.82) is 0 Å². The van der Waals surface area contributed by atoms with Gasteiger partial charge in [-0.1, -0.05) is 6.92 Å². The molecule has 0 radical (unpaired) electrons. The van der Waals surface area contributed by atoms with Gasteiger partial charge in [-0.2, -0.15) is 0 Å². The topological polar surface area (TPSA) is 64.0 Å². The number of nitrogens with zero attached hydrogens (tertiary/aromatic N) is 2. The second kappa shape index (κ2) is 6.83. The van der Waals surface area contributed by atoms with E-state index in [1.165, 1.54) is 0 Å². The summed E-state index contributed by atoms with van der Waals surface area (Å²) in [5.74, 6) is -0.762. The molecule has 1 aliphatic heterocycles. The van der Waals surface area contributed by atoms with Gasteiger partial charge < -0.3 is 10.2 Å². The van der Waals surface area contributed by atoms with Crippen LogP contribution < -0.4 is 0 Å². The van der Waals surface area contributed by atoms with Gasteiger partial charge in [-0.25, -0.2) is 0 Å². The SMILES string of the molecule is CCC(O)CN1CCCN(CC(=O)O)CC1. The predicted octanol–water partition coefficient (Wildman–Crippen LogP) is -0.150. The highest BCUT2D eigenvalue weighted by atomic mass is 16.4. The molecule has 2 N–H and O–H groups in total. The van der Waals surface area contributed by atoms with Crippen molar-refractivity contribution in [1.82, 2.24) is 9.80 Å². The minimum absolute atomic E-state index is 0.129. The molecule has 1 saturated heterocycles. The van der Waals surface area contributed by atoms with Crippen LogP contribution in [0.5, 0.6) is 0 Å². The highest BCUT2D eigenvalue weighted by Crippen LogP contribution is 2.04. The average molecular weight is 230 g/mol. The summed E-state index contributed by atoms with van der Waals surface area (Å²) in [7, 11) is 0. The van der Waals surface area contributed by atoms with Crippen molar-refractivity contribution in [3.63, 3.8) is 0 Å². The first-order valence-electron chi connectivity index (χ1n) is 5.96. The van der Waals surface area contributed by atoms with Gasteiger partial charge in [0.2, 0.25) is 0 Å². The molecule has 1 atom stereocenters. The predicted molar refractivity (Wildman–Crippen MR) is 61.4 cm³/mol. The zero-order valence-electron chi connectivity index (χ0n) is 9.93. The quantitative estimate of drug-likeness (QED) is 0.687. The summed E-state index contributed by atoms with van der Waals surface area (Å²) in [4.78, 5) is 14.8. The van der Waals surface area contributed by atoms with E-state index in [1.807, 2.05) is 11.8 Å². The molecule has 0 bridgehead atoms. The Morgan fingerprint density at radius 1 is 1.25 bits per heavy atom. The molecule has 0 aromatic heterocycles. The molecule has 0 amide bonds. The lowest BCUT2D eigenvalue weighted by Crippen LogP contribution is -2.37. The van der Waals surface area contributed by atoms with Gasteiger partial charge in [-0.15, -0.1) is 0 Å². The molecule has 1 fully saturated rings. The van der Waals surface area contributed by atoms with Gasteiger partial charge in [-0.3, -0.25) is 14.6 Å². The largest absolute Gasteiger partial charge is 0.480 e. The van der Waals surface area contributed by atoms with Gasteiger partial charge in [0.1, 0.15) is 0 Å². The van der Waals surface area contributed by atoms with Gasteiger partial charge in [-0.05, 0) is 19.4 Å². The lowest BCUT2D eigenvalue weighted by atomic mass is 10.2. The molecule has 16 heavy (non-hydrogen) atoms. The van der Waals surface area contributed by atoms with Crippen LogP contribution in [0.1, 0.15) is 19.8 Å². The Hall–Kier alpha value is -0.650. The van der Waals surface area contributed by atoms with Gasteiger partial charge >= 0.3 is 5.97 Å². The molecular weight excluding hydrogens is 208 g/mol. The van der Waals surface area contributed by atoms with Gasteiger partial charge in [0, 0.05) is 26.2 Å². The van der Waals surface area contributed by atoms with E-state index in [0.717, 1.165) is 39.0 Å². The fraction of sp³-hybridized carbons (Fsp3) is 0.909. The third-order valence-corrected chi connectivity index (χ3v) is 2.98. The van der Waals surface area contributed by atoms with E-state index in [-0.39, 0.29) is 12.6 Å². The number of aliphatic hydroxyl groups excluding tert-OH is 1. The molecule has 0 spiro atoms. The first-order valence-corrected chi connectivity index (χ1v) is 5.96. The van der Waals surface area contributed by atoms with Crippen LogP contribution in [0.3, 0.4) is 0 Å². The Kier molecular flexibility index (Phi) is 5.73. The minimum atomic E-state index is -0.762. The van der Waals surface area contributed by atoms with Crippen LogP contribution in [0.15, 0.2) is 0 Å². The van der Waals surface area contributed by atoms with Crippen LogP contribution in [0.2, 0.25) is 0 Å². The number of hydrogen-bond acceptors (Lipinski definition) is 4. The van der Waals surface area contributed by atoms with E-state index < -0.39 is 5.97 Å². The number of rotatable bonds is 5. The van der Waals surface area contributed by atoms with Crippen molar-refractivity contribution in [2.45, 2.75) is 25.9 Å². The van der Waals surface area contributed by atoms with Crippen molar-refractivity contribution >= 4 is 5.97 Å². The Bertz CT molecular complexity index is 223. The highest BCUT2D eigenvalue weighted by molar-refractivity contribution is 5.69. The number of carboxylic acids is 1. The van der Waals surface area contributed by atoms with Crippen molar-refractivity contribution < 1.29 is 15.0 Å². The molecule has 0 aliphatic carbocycles. The molecule has 0 aromatic carbocycles. The maximum atomic E-state index is 10.6. The van der Waals surface area contributed by atoms with Crippen LogP contribution in [-0.4, -0.2) is 71.4 Å². The molecule has 1 heterocycles. The van der Waals surface area contributed by atoms with Crippen LogP contribution >= 0.6 is 0 Å². The molecule has 1 unspecified atom stereocenters. The Morgan fingerprint density at radius 2 is 1.88 bits per heavy atom. The first-order chi connectivity index (χ1) is 7.61. The second-order valence-corrected chi connectivity index (χ2v) is 4.39. The summed E-state index contributed by atoms with van der Waals surface area (Å²) in [6.07, 6.45) is 1.49. The smallest absolute Gasteiger partial charge is 0.317 e. The monoisotopic (exact) mass is 230 g/mol. The van der Waals surface area contributed by atoms with E-state index in [9.17, 15) is 9.90 Å². The number of aliphatic carboxylic acids is 1. The van der Waals surface area contributed by atoms with E-state index >= 15 is 0 Å². The van der Waals surface area contributed by atoms with Crippen molar-refractivity contribution in [2.24, 2.45) is 0 Å². The third-order valence-electron chi connectivity index (χ3n) is 2.98. The summed E-state index contributed by atoms with van der Waals surface area (Å²) in [6, 6.07) is 0. The van der Waals surface area contributed by atoms with Crippen molar-refractivity contribution in [3.05, 3.63) is 0 Å². The minimum Gasteiger partial charge on any atom is -0.480 e. The maximum Gasteiger partial charge on any atom is 0.317 e. The molecule has 94 valence electrons. The number of carboxylic acid groups (broad SMARTS) is 1. The molecule has 1 rings (SSSR count). The molecule has 5 heteroatoms. The number of carbonyl (C=O) groups is 1. The van der Waals surface area contributed by atoms with E-state index in [4.69, 9.17) is 5.11 Å². The summed E-state index contributed by atoms with van der Waals surface area (Å²) >= 11 is 0. The third kappa shape index (κ3) is 4.92. The van der Waals surface area contributed by atoms with Crippen LogP contribution in [0.25, 0.3) is 0 Å². The molecular formula is C11H22N2O3. The summed E-state index contributed by atoms with van der Waals surface area (Å²) in [6.45, 7) is 6.23. The number of hydrogen-bond donors (Lipinski definition) is 2. The first kappa shape index (κ1) is 13.4. The Balaban J connectivity index is 2.31. The standard InChI is InChI=1S/C11H22N2O3/c1-2-10(14)8-12-4-3-5-13(7-6-12)9-11(15)16/h10,14H,2-9H2,1H3,(H,15,16). The highest BCUT2D eigenvalue weighted by Gasteiger charge is 2.17. The van der Waals surface area contributed by atoms with Gasteiger partial charge in [0.15, 0.2) is 0 Å². The number of β-amino-alcohol motifs (C(OH)–C–C–N with tert-alkyl or cyclic N) is 1. The normalized spacial score (nSPS) is 21.6. The molecule has 0 saturated carbocycles. The van der Waals surface area contributed by atoms with E-state index in [2.05, 4.69) is 4.90 Å². The van der Waals surface area contributed by atoms with Gasteiger partial charge in [0.25, 0.3) is 0 Å². The summed E-state index contributed by atoms with van der Waals surface area (Å²) in [5, 5.41) is 18.3. The van der Waals surface area contributed by atoms with Crippen LogP contribution in [0, 0.1) is 0 Å². The Labute approximate surface area is 96.7 Å². The fourth-order valence-corrected chi connectivity index (χ4v) is 1.98. The molecule has 1 aliphatic rings. The summed E-state index contributed by atoms with van der Waals surface area (Å²) in [5.41, 5.74) is 0. The second-order valence-electron chi connectivity index (χ2n) is 4.39. The zero-order valence-corrected chi connectivity index (χ0v) is 9.93. The molecule has 5 nitrogen and oxygen atoms in total. The van der Waals surface area contributed by atoms with Crippen LogP contribution in [-0.2, 0) is 4.79 Å². The van der Waals surface area contributed by atoms with Crippen molar-refractivity contribution in [2.75, 3.05) is 39.3 Å². The van der Waals surface area contributed by atoms with Crippen LogP contribution in [0.4, 0.5) is 0 Å². The Morgan fingerprint density at radius 3 is 2.50 bits per heavy atom. The summed E-state index contributed by atoms with van der Waals surface area (Å²) < 4.78 is 0. The van der Waals surface area contributed by atoms with Gasteiger partial charge in [0.05, 0.1) is 12.6 Å². The maximum absolute atomic E-state index is 10.6. The number of aliphatic hydroxyl groups is 1. The average Bonchev–Trinajstić information content (AvgIpc) is 2.43.